The van der Waals surface area contributed by atoms with Gasteiger partial charge in [0.1, 0.15) is 5.76 Å². The molecule has 0 radical (unpaired) electrons. The van der Waals surface area contributed by atoms with Gasteiger partial charge in [0.25, 0.3) is 0 Å². The first-order valence-electron chi connectivity index (χ1n) is 5.00. The molecule has 1 atom stereocenters. The molecule has 90 valence electrons. The van der Waals surface area contributed by atoms with Crippen LogP contribution in [0.15, 0.2) is 41.8 Å². The number of hydrogen-bond donors (Lipinski definition) is 1. The third-order valence-electron chi connectivity index (χ3n) is 1.97. The maximum Gasteiger partial charge on any atom is 0.194 e. The summed E-state index contributed by atoms with van der Waals surface area (Å²) in [6.45, 7) is 12.4. The first-order chi connectivity index (χ1) is 7.32. The van der Waals surface area contributed by atoms with Crippen LogP contribution in [0, 0.1) is 0 Å². The van der Waals surface area contributed by atoms with Crippen LogP contribution >= 0.6 is 0 Å². The molecular weight excluding hydrogens is 207 g/mol. The summed E-state index contributed by atoms with van der Waals surface area (Å²) >= 11 is 0. The molecule has 0 fully saturated rings. The van der Waals surface area contributed by atoms with Crippen molar-refractivity contribution < 1.29 is 9.13 Å². The maximum atomic E-state index is 13.2. The average molecular weight is 226 g/mol. The van der Waals surface area contributed by atoms with Crippen LogP contribution in [0.25, 0.3) is 0 Å². The number of ether oxygens (including phenoxy) is 1. The van der Waals surface area contributed by atoms with Crippen LogP contribution in [0.5, 0.6) is 0 Å². The van der Waals surface area contributed by atoms with E-state index in [4.69, 9.17) is 10.5 Å². The van der Waals surface area contributed by atoms with Crippen LogP contribution in [0.1, 0.15) is 20.8 Å². The number of allylic oxidation sites excluding steroid dienone is 1. The lowest BCUT2D eigenvalue weighted by Gasteiger charge is -2.13. The van der Waals surface area contributed by atoms with Crippen molar-refractivity contribution in [2.24, 2.45) is 10.7 Å². The number of nitrogens with two attached hydrogens (primary N) is 1. The van der Waals surface area contributed by atoms with Gasteiger partial charge in [0.05, 0.1) is 12.3 Å². The Morgan fingerprint density at radius 2 is 2.19 bits per heavy atom. The summed E-state index contributed by atoms with van der Waals surface area (Å²) in [5.74, 6) is -1.47. The largest absolute Gasteiger partial charge is 0.494 e. The number of rotatable bonds is 6. The highest BCUT2D eigenvalue weighted by Gasteiger charge is 2.19. The highest BCUT2D eigenvalue weighted by Crippen LogP contribution is 2.12. The molecule has 2 N–H and O–H groups in total. The summed E-state index contributed by atoms with van der Waals surface area (Å²) in [5.41, 5.74) is 6.01. The predicted octanol–water partition coefficient (Wildman–Crippen LogP) is 2.71. The Balaban J connectivity index is 4.86. The third kappa shape index (κ3) is 4.89. The van der Waals surface area contributed by atoms with Gasteiger partial charge >= 0.3 is 0 Å². The Kier molecular flexibility index (Phi) is 5.67. The fraction of sp³-hybridized carbons (Fsp3) is 0.417. The molecule has 0 aliphatic heterocycles. The Labute approximate surface area is 96.2 Å². The Bertz CT molecular complexity index is 324. The van der Waals surface area contributed by atoms with Gasteiger partial charge < -0.3 is 4.74 Å². The summed E-state index contributed by atoms with van der Waals surface area (Å²) in [6, 6.07) is 0. The van der Waals surface area contributed by atoms with E-state index in [9.17, 15) is 4.39 Å². The van der Waals surface area contributed by atoms with Crippen molar-refractivity contribution in [3.05, 3.63) is 36.8 Å². The minimum Gasteiger partial charge on any atom is -0.494 e. The van der Waals surface area contributed by atoms with Crippen molar-refractivity contribution in [1.29, 1.82) is 0 Å². The van der Waals surface area contributed by atoms with Gasteiger partial charge in [0, 0.05) is 11.8 Å². The van der Waals surface area contributed by atoms with Crippen LogP contribution in [-0.2, 0) is 4.74 Å². The highest BCUT2D eigenvalue weighted by molar-refractivity contribution is 5.89. The second-order valence-corrected chi connectivity index (χ2v) is 3.43. The molecule has 3 nitrogen and oxygen atoms in total. The zero-order valence-corrected chi connectivity index (χ0v) is 10.1. The lowest BCUT2D eigenvalue weighted by Crippen LogP contribution is -2.38. The molecule has 0 bridgehead atoms. The van der Waals surface area contributed by atoms with Crippen LogP contribution < -0.4 is 5.73 Å². The molecule has 0 spiro atoms. The molecule has 16 heavy (non-hydrogen) atoms. The van der Waals surface area contributed by atoms with Gasteiger partial charge in [-0.2, -0.15) is 0 Å². The lowest BCUT2D eigenvalue weighted by molar-refractivity contribution is 0.240. The first kappa shape index (κ1) is 14.6. The molecule has 0 saturated carbocycles. The van der Waals surface area contributed by atoms with Crippen molar-refractivity contribution in [3.63, 3.8) is 0 Å². The zero-order chi connectivity index (χ0) is 12.8. The SMILES string of the molecule is C=C/C(=C\N=C(/C)C(C)(N)F)C(=C)OCC. The van der Waals surface area contributed by atoms with Gasteiger partial charge in [-0.05, 0) is 20.8 Å². The standard InChI is InChI=1S/C12H19FN2O/c1-6-11(9(3)16-7-2)8-15-10(4)12(5,13)14/h6,8H,1,3,7,14H2,2,4-5H3/b11-8+,15-10+. The number of alkyl halides is 1. The number of hydrogen-bond acceptors (Lipinski definition) is 3. The van der Waals surface area contributed by atoms with Crippen LogP contribution in [-0.4, -0.2) is 18.1 Å². The van der Waals surface area contributed by atoms with Gasteiger partial charge in [-0.3, -0.25) is 10.7 Å². The average Bonchev–Trinajstić information content (AvgIpc) is 2.17. The lowest BCUT2D eigenvalue weighted by atomic mass is 10.2. The second-order valence-electron chi connectivity index (χ2n) is 3.43. The highest BCUT2D eigenvalue weighted by atomic mass is 19.1. The summed E-state index contributed by atoms with van der Waals surface area (Å²) < 4.78 is 18.4. The van der Waals surface area contributed by atoms with E-state index in [1.165, 1.54) is 20.0 Å². The van der Waals surface area contributed by atoms with E-state index in [0.717, 1.165) is 0 Å². The Morgan fingerprint density at radius 1 is 1.62 bits per heavy atom. The topological polar surface area (TPSA) is 47.6 Å². The maximum absolute atomic E-state index is 13.2. The Morgan fingerprint density at radius 3 is 2.56 bits per heavy atom. The molecule has 0 rings (SSSR count). The summed E-state index contributed by atoms with van der Waals surface area (Å²) in [4.78, 5) is 3.91. The van der Waals surface area contributed by atoms with E-state index in [-0.39, 0.29) is 5.71 Å². The number of nitrogens with zero attached hydrogens (tertiary/aromatic N) is 1. The summed E-state index contributed by atoms with van der Waals surface area (Å²) in [7, 11) is 0. The number of halogens is 1. The fourth-order valence-corrected chi connectivity index (χ4v) is 0.789. The van der Waals surface area contributed by atoms with Crippen LogP contribution in [0.4, 0.5) is 4.39 Å². The van der Waals surface area contributed by atoms with Crippen LogP contribution in [0.2, 0.25) is 0 Å². The molecule has 0 heterocycles. The molecule has 0 aromatic heterocycles. The molecule has 0 aromatic rings. The minimum absolute atomic E-state index is 0.177. The molecule has 0 saturated heterocycles. The smallest absolute Gasteiger partial charge is 0.194 e. The molecule has 0 aliphatic rings. The molecule has 0 amide bonds. The van der Waals surface area contributed by atoms with E-state index >= 15 is 0 Å². The molecular formula is C12H19FN2O. The van der Waals surface area contributed by atoms with Gasteiger partial charge in [-0.1, -0.05) is 19.2 Å². The fourth-order valence-electron chi connectivity index (χ4n) is 0.789. The summed E-state index contributed by atoms with van der Waals surface area (Å²) in [6.07, 6.45) is 2.98. The predicted molar refractivity (Wildman–Crippen MR) is 65.9 cm³/mol. The second kappa shape index (κ2) is 6.23. The normalized spacial score (nSPS) is 16.6. The Hall–Kier alpha value is -1.42. The third-order valence-corrected chi connectivity index (χ3v) is 1.97. The van der Waals surface area contributed by atoms with Crippen LogP contribution in [0.3, 0.4) is 0 Å². The first-order valence-corrected chi connectivity index (χ1v) is 5.00. The van der Waals surface area contributed by atoms with E-state index in [0.29, 0.717) is 17.9 Å². The van der Waals surface area contributed by atoms with Crippen molar-refractivity contribution in [2.45, 2.75) is 26.6 Å². The van der Waals surface area contributed by atoms with E-state index in [2.05, 4.69) is 18.2 Å². The summed E-state index contributed by atoms with van der Waals surface area (Å²) in [5, 5.41) is 0. The van der Waals surface area contributed by atoms with E-state index in [1.807, 2.05) is 6.92 Å². The van der Waals surface area contributed by atoms with Gasteiger partial charge in [-0.15, -0.1) is 0 Å². The van der Waals surface area contributed by atoms with Gasteiger partial charge in [0.15, 0.2) is 5.79 Å². The molecule has 0 aliphatic carbocycles. The monoisotopic (exact) mass is 226 g/mol. The number of aliphatic imine (C=N–C) groups is 1. The molecule has 0 aromatic carbocycles. The van der Waals surface area contributed by atoms with Crippen molar-refractivity contribution in [1.82, 2.24) is 0 Å². The van der Waals surface area contributed by atoms with E-state index < -0.39 is 5.79 Å². The zero-order valence-electron chi connectivity index (χ0n) is 10.1. The van der Waals surface area contributed by atoms with Gasteiger partial charge in [-0.25, -0.2) is 4.39 Å². The van der Waals surface area contributed by atoms with Crippen molar-refractivity contribution in [3.8, 4) is 0 Å². The molecule has 1 unspecified atom stereocenters. The van der Waals surface area contributed by atoms with Gasteiger partial charge in [0.2, 0.25) is 0 Å². The quantitative estimate of drug-likeness (QED) is 0.327. The minimum atomic E-state index is -1.92. The van der Waals surface area contributed by atoms with Crippen molar-refractivity contribution >= 4 is 5.71 Å². The van der Waals surface area contributed by atoms with E-state index in [1.54, 1.807) is 6.08 Å². The molecule has 4 heteroatoms. The van der Waals surface area contributed by atoms with Crippen molar-refractivity contribution in [2.75, 3.05) is 6.61 Å².